The molecule has 0 spiro atoms. The third-order valence-corrected chi connectivity index (χ3v) is 7.95. The molecule has 4 aromatic rings. The first kappa shape index (κ1) is 22.5. The van der Waals surface area contributed by atoms with Gasteiger partial charge in [0.2, 0.25) is 5.91 Å². The maximum atomic E-state index is 13.7. The summed E-state index contributed by atoms with van der Waals surface area (Å²) in [4.78, 5) is 29.5. The van der Waals surface area contributed by atoms with Gasteiger partial charge < -0.3 is 9.80 Å². The maximum absolute atomic E-state index is 13.7. The van der Waals surface area contributed by atoms with E-state index in [2.05, 4.69) is 53.0 Å². The second-order valence-electron chi connectivity index (χ2n) is 9.09. The Hall–Kier alpha value is -3.25. The van der Waals surface area contributed by atoms with Crippen LogP contribution in [0.4, 0.5) is 5.82 Å². The predicted octanol–water partition coefficient (Wildman–Crippen LogP) is 5.75. The molecule has 2 aromatic heterocycles. The number of nitrogens with zero attached hydrogens (tertiary/aromatic N) is 4. The molecule has 0 atom stereocenters. The van der Waals surface area contributed by atoms with Crippen molar-refractivity contribution >= 4 is 33.3 Å². The molecular formula is C28H30N4OS. The summed E-state index contributed by atoms with van der Waals surface area (Å²) in [5.74, 6) is 1.30. The second kappa shape index (κ2) is 9.94. The molecule has 0 bridgehead atoms. The Bertz CT molecular complexity index is 1220. The quantitative estimate of drug-likeness (QED) is 0.360. The number of anilines is 1. The molecule has 1 fully saturated rings. The summed E-state index contributed by atoms with van der Waals surface area (Å²) in [6.45, 7) is 7.24. The van der Waals surface area contributed by atoms with Crippen LogP contribution in [-0.4, -0.2) is 33.9 Å². The van der Waals surface area contributed by atoms with E-state index in [1.807, 2.05) is 41.3 Å². The molecule has 0 aliphatic carbocycles. The fourth-order valence-corrected chi connectivity index (χ4v) is 5.81. The Balaban J connectivity index is 1.32. The largest absolute Gasteiger partial charge is 0.356 e. The summed E-state index contributed by atoms with van der Waals surface area (Å²) >= 11 is 1.73. The fourth-order valence-electron chi connectivity index (χ4n) is 4.82. The molecule has 5 rings (SSSR count). The van der Waals surface area contributed by atoms with E-state index in [-0.39, 0.29) is 11.8 Å². The van der Waals surface area contributed by atoms with Gasteiger partial charge in [-0.05, 0) is 43.4 Å². The SMILES string of the molecule is Cc1sc2ncnc(N3CCC(C(=O)N(Cc4ccccc4)Cc4ccccc4)CC3)c2c1C. The van der Waals surface area contributed by atoms with Crippen LogP contribution < -0.4 is 4.90 Å². The molecule has 6 heteroatoms. The number of piperidine rings is 1. The average molecular weight is 471 g/mol. The first-order chi connectivity index (χ1) is 16.6. The summed E-state index contributed by atoms with van der Waals surface area (Å²) < 4.78 is 0. The lowest BCUT2D eigenvalue weighted by atomic mass is 9.94. The molecule has 2 aromatic carbocycles. The Kier molecular flexibility index (Phi) is 6.59. The zero-order valence-electron chi connectivity index (χ0n) is 19.8. The molecule has 34 heavy (non-hydrogen) atoms. The minimum atomic E-state index is 0.0336. The molecule has 0 saturated carbocycles. The Labute approximate surface area is 205 Å². The highest BCUT2D eigenvalue weighted by molar-refractivity contribution is 7.18. The van der Waals surface area contributed by atoms with Crippen LogP contribution in [0, 0.1) is 19.8 Å². The smallest absolute Gasteiger partial charge is 0.226 e. The first-order valence-corrected chi connectivity index (χ1v) is 12.7. The average Bonchev–Trinajstić information content (AvgIpc) is 3.18. The van der Waals surface area contributed by atoms with Crippen LogP contribution in [0.25, 0.3) is 10.2 Å². The Morgan fingerprint density at radius 1 is 0.941 bits per heavy atom. The number of hydrogen-bond donors (Lipinski definition) is 0. The summed E-state index contributed by atoms with van der Waals surface area (Å²) in [6.07, 6.45) is 3.35. The van der Waals surface area contributed by atoms with Crippen molar-refractivity contribution in [3.8, 4) is 0 Å². The van der Waals surface area contributed by atoms with Gasteiger partial charge in [-0.3, -0.25) is 4.79 Å². The van der Waals surface area contributed by atoms with Crippen molar-refractivity contribution in [1.29, 1.82) is 0 Å². The molecule has 1 aliphatic heterocycles. The molecule has 3 heterocycles. The van der Waals surface area contributed by atoms with Crippen molar-refractivity contribution in [3.63, 3.8) is 0 Å². The number of rotatable bonds is 6. The van der Waals surface area contributed by atoms with Gasteiger partial charge in [0.25, 0.3) is 0 Å². The number of benzene rings is 2. The summed E-state index contributed by atoms with van der Waals surface area (Å²) in [5, 5.41) is 1.17. The van der Waals surface area contributed by atoms with E-state index in [1.54, 1.807) is 17.7 Å². The lowest BCUT2D eigenvalue weighted by Gasteiger charge is -2.35. The molecule has 0 N–H and O–H groups in total. The standard InChI is InChI=1S/C28H30N4OS/c1-20-21(2)34-27-25(20)26(29-19-30-27)31-15-13-24(14-16-31)28(33)32(17-22-9-5-3-6-10-22)18-23-11-7-4-8-12-23/h3-12,19,24H,13-18H2,1-2H3. The van der Waals surface area contributed by atoms with Crippen molar-refractivity contribution in [2.24, 2.45) is 5.92 Å². The highest BCUT2D eigenvalue weighted by atomic mass is 32.1. The molecule has 0 unspecified atom stereocenters. The van der Waals surface area contributed by atoms with Crippen LogP contribution in [0.2, 0.25) is 0 Å². The van der Waals surface area contributed by atoms with Crippen LogP contribution in [0.15, 0.2) is 67.0 Å². The number of hydrogen-bond acceptors (Lipinski definition) is 5. The number of aromatic nitrogens is 2. The Morgan fingerprint density at radius 2 is 1.53 bits per heavy atom. The number of carbonyl (C=O) groups excluding carboxylic acids is 1. The summed E-state index contributed by atoms with van der Waals surface area (Å²) in [7, 11) is 0. The number of fused-ring (bicyclic) bond motifs is 1. The number of carbonyl (C=O) groups is 1. The highest BCUT2D eigenvalue weighted by Gasteiger charge is 2.30. The van der Waals surface area contributed by atoms with Crippen LogP contribution in [-0.2, 0) is 17.9 Å². The summed E-state index contributed by atoms with van der Waals surface area (Å²) in [5.41, 5.74) is 3.59. The van der Waals surface area contributed by atoms with Crippen molar-refractivity contribution < 1.29 is 4.79 Å². The lowest BCUT2D eigenvalue weighted by molar-refractivity contribution is -0.137. The topological polar surface area (TPSA) is 49.3 Å². The van der Waals surface area contributed by atoms with Crippen molar-refractivity contribution in [3.05, 3.63) is 88.6 Å². The van der Waals surface area contributed by atoms with E-state index >= 15 is 0 Å². The third kappa shape index (κ3) is 4.68. The molecule has 174 valence electrons. The normalized spacial score (nSPS) is 14.5. The van der Waals surface area contributed by atoms with Crippen LogP contribution in [0.5, 0.6) is 0 Å². The van der Waals surface area contributed by atoms with Gasteiger partial charge in [0.1, 0.15) is 17.0 Å². The van der Waals surface area contributed by atoms with Gasteiger partial charge in [-0.2, -0.15) is 0 Å². The minimum absolute atomic E-state index is 0.0336. The second-order valence-corrected chi connectivity index (χ2v) is 10.3. The third-order valence-electron chi connectivity index (χ3n) is 6.83. The minimum Gasteiger partial charge on any atom is -0.356 e. The van der Waals surface area contributed by atoms with Crippen molar-refractivity contribution in [2.75, 3.05) is 18.0 Å². The van der Waals surface area contributed by atoms with Gasteiger partial charge in [0, 0.05) is 37.0 Å². The van der Waals surface area contributed by atoms with Crippen LogP contribution in [0.3, 0.4) is 0 Å². The monoisotopic (exact) mass is 470 g/mol. The predicted molar refractivity (Wildman–Crippen MR) is 139 cm³/mol. The van der Waals surface area contributed by atoms with Crippen LogP contribution >= 0.6 is 11.3 Å². The van der Waals surface area contributed by atoms with E-state index in [4.69, 9.17) is 0 Å². The number of amides is 1. The molecule has 1 amide bonds. The Morgan fingerprint density at radius 3 is 2.12 bits per heavy atom. The van der Waals surface area contributed by atoms with Gasteiger partial charge in [-0.25, -0.2) is 9.97 Å². The molecular weight excluding hydrogens is 440 g/mol. The highest BCUT2D eigenvalue weighted by Crippen LogP contribution is 2.36. The van der Waals surface area contributed by atoms with Gasteiger partial charge in [-0.15, -0.1) is 11.3 Å². The van der Waals surface area contributed by atoms with Crippen molar-refractivity contribution in [1.82, 2.24) is 14.9 Å². The lowest BCUT2D eigenvalue weighted by Crippen LogP contribution is -2.42. The number of thiophene rings is 1. The van der Waals surface area contributed by atoms with E-state index < -0.39 is 0 Å². The maximum Gasteiger partial charge on any atom is 0.226 e. The van der Waals surface area contributed by atoms with E-state index in [0.29, 0.717) is 13.1 Å². The zero-order chi connectivity index (χ0) is 23.5. The number of aryl methyl sites for hydroxylation is 2. The van der Waals surface area contributed by atoms with Gasteiger partial charge >= 0.3 is 0 Å². The molecule has 5 nitrogen and oxygen atoms in total. The molecule has 1 saturated heterocycles. The first-order valence-electron chi connectivity index (χ1n) is 11.9. The molecule has 1 aliphatic rings. The van der Waals surface area contributed by atoms with Gasteiger partial charge in [0.05, 0.1) is 5.39 Å². The molecule has 0 radical (unpaired) electrons. The van der Waals surface area contributed by atoms with Crippen molar-refractivity contribution in [2.45, 2.75) is 39.8 Å². The van der Waals surface area contributed by atoms with E-state index in [1.165, 1.54) is 15.8 Å². The fraction of sp³-hybridized carbons (Fsp3) is 0.321. The zero-order valence-corrected chi connectivity index (χ0v) is 20.6. The van der Waals surface area contributed by atoms with Gasteiger partial charge in [-0.1, -0.05) is 60.7 Å². The van der Waals surface area contributed by atoms with Crippen LogP contribution in [0.1, 0.15) is 34.4 Å². The summed E-state index contributed by atoms with van der Waals surface area (Å²) in [6, 6.07) is 20.6. The van der Waals surface area contributed by atoms with E-state index in [9.17, 15) is 4.79 Å². The van der Waals surface area contributed by atoms with Gasteiger partial charge in [0.15, 0.2) is 0 Å². The van der Waals surface area contributed by atoms with E-state index in [0.717, 1.165) is 47.7 Å².